The summed E-state index contributed by atoms with van der Waals surface area (Å²) < 4.78 is 40.6. The van der Waals surface area contributed by atoms with Gasteiger partial charge >= 0.3 is 6.18 Å². The summed E-state index contributed by atoms with van der Waals surface area (Å²) in [5.41, 5.74) is 6.46. The summed E-state index contributed by atoms with van der Waals surface area (Å²) in [5.74, 6) is 0.0600. The number of thiocarbonyl (C=S) groups is 1. The van der Waals surface area contributed by atoms with Gasteiger partial charge in [-0.15, -0.1) is 0 Å². The molecule has 0 aromatic heterocycles. The van der Waals surface area contributed by atoms with E-state index >= 15 is 0 Å². The summed E-state index contributed by atoms with van der Waals surface area (Å²) in [6.45, 7) is 0.385. The Morgan fingerprint density at radius 3 is 2.56 bits per heavy atom. The van der Waals surface area contributed by atoms with E-state index in [1.54, 1.807) is 19.1 Å². The van der Waals surface area contributed by atoms with Crippen LogP contribution in [0.1, 0.15) is 11.1 Å². The second-order valence-corrected chi connectivity index (χ2v) is 3.71. The molecule has 1 rings (SSSR count). The Balaban J connectivity index is 2.93. The molecule has 0 saturated carbocycles. The van der Waals surface area contributed by atoms with Crippen molar-refractivity contribution in [2.75, 3.05) is 6.61 Å². The molecule has 88 valence electrons. The fraction of sp³-hybridized carbons (Fsp3) is 0.300. The Morgan fingerprint density at radius 2 is 2.06 bits per heavy atom. The third kappa shape index (κ3) is 3.69. The normalized spacial score (nSPS) is 11.2. The Labute approximate surface area is 96.2 Å². The molecule has 0 unspecified atom stereocenters. The lowest BCUT2D eigenvalue weighted by atomic mass is 10.1. The number of alkyl halides is 3. The Morgan fingerprint density at radius 1 is 1.44 bits per heavy atom. The zero-order valence-corrected chi connectivity index (χ0v) is 9.28. The average molecular weight is 249 g/mol. The third-order valence-corrected chi connectivity index (χ3v) is 2.01. The van der Waals surface area contributed by atoms with Crippen LogP contribution in [0.3, 0.4) is 0 Å². The first-order chi connectivity index (χ1) is 7.29. The summed E-state index contributed by atoms with van der Waals surface area (Å²) in [4.78, 5) is 0.0113. The highest BCUT2D eigenvalue weighted by atomic mass is 32.1. The molecule has 0 heterocycles. The molecule has 6 heteroatoms. The van der Waals surface area contributed by atoms with Gasteiger partial charge < -0.3 is 10.5 Å². The predicted octanol–water partition coefficient (Wildman–Crippen LogP) is 2.57. The number of hydrogen-bond donors (Lipinski definition) is 1. The second-order valence-electron chi connectivity index (χ2n) is 3.27. The maximum Gasteiger partial charge on any atom is 0.422 e. The minimum absolute atomic E-state index is 0.0113. The lowest BCUT2D eigenvalue weighted by molar-refractivity contribution is -0.153. The molecule has 0 spiro atoms. The molecule has 0 atom stereocenters. The van der Waals surface area contributed by atoms with Crippen LogP contribution < -0.4 is 10.5 Å². The fourth-order valence-electron chi connectivity index (χ4n) is 1.11. The molecule has 0 bridgehead atoms. The summed E-state index contributed by atoms with van der Waals surface area (Å²) in [7, 11) is 0. The van der Waals surface area contributed by atoms with Crippen LogP contribution >= 0.6 is 12.2 Å². The average Bonchev–Trinajstić information content (AvgIpc) is 2.13. The van der Waals surface area contributed by atoms with Crippen LogP contribution in [0.2, 0.25) is 0 Å². The third-order valence-electron chi connectivity index (χ3n) is 1.79. The Kier molecular flexibility index (Phi) is 3.74. The van der Waals surface area contributed by atoms with Gasteiger partial charge in [-0.3, -0.25) is 0 Å². The van der Waals surface area contributed by atoms with E-state index < -0.39 is 12.8 Å². The molecule has 2 N–H and O–H groups in total. The van der Waals surface area contributed by atoms with E-state index in [-0.39, 0.29) is 10.7 Å². The first-order valence-electron chi connectivity index (χ1n) is 4.39. The number of ether oxygens (including phenoxy) is 1. The number of nitrogens with two attached hydrogens (primary N) is 1. The van der Waals surface area contributed by atoms with Crippen molar-refractivity contribution in [3.05, 3.63) is 29.3 Å². The van der Waals surface area contributed by atoms with E-state index in [0.717, 1.165) is 5.56 Å². The maximum atomic E-state index is 12.0. The number of aryl methyl sites for hydroxylation is 1. The second kappa shape index (κ2) is 4.69. The molecule has 0 aliphatic carbocycles. The van der Waals surface area contributed by atoms with Crippen molar-refractivity contribution in [2.45, 2.75) is 13.1 Å². The smallest absolute Gasteiger partial charge is 0.422 e. The van der Waals surface area contributed by atoms with Crippen LogP contribution in [-0.2, 0) is 0 Å². The van der Waals surface area contributed by atoms with Crippen molar-refractivity contribution in [3.8, 4) is 5.75 Å². The quantitative estimate of drug-likeness (QED) is 0.836. The summed E-state index contributed by atoms with van der Waals surface area (Å²) in [6, 6.07) is 4.72. The molecule has 1 aromatic carbocycles. The van der Waals surface area contributed by atoms with Crippen LogP contribution in [-0.4, -0.2) is 17.8 Å². The Bertz CT molecular complexity index is 404. The van der Waals surface area contributed by atoms with Crippen LogP contribution in [0.25, 0.3) is 0 Å². The van der Waals surface area contributed by atoms with E-state index in [0.29, 0.717) is 5.56 Å². The molecule has 16 heavy (non-hydrogen) atoms. The van der Waals surface area contributed by atoms with Crippen molar-refractivity contribution in [1.82, 2.24) is 0 Å². The lowest BCUT2D eigenvalue weighted by Crippen LogP contribution is -2.21. The van der Waals surface area contributed by atoms with Gasteiger partial charge in [0, 0.05) is 0 Å². The number of benzene rings is 1. The van der Waals surface area contributed by atoms with Crippen LogP contribution in [0.15, 0.2) is 18.2 Å². The van der Waals surface area contributed by atoms with Gasteiger partial charge in [0.15, 0.2) is 6.61 Å². The summed E-state index contributed by atoms with van der Waals surface area (Å²) in [6.07, 6.45) is -4.38. The molecular weight excluding hydrogens is 239 g/mol. The standard InChI is InChI=1S/C10H10F3NOS/c1-6-2-3-7(9(14)16)8(4-6)15-5-10(11,12)13/h2-4H,5H2,1H3,(H2,14,16). The van der Waals surface area contributed by atoms with E-state index in [2.05, 4.69) is 4.74 Å². The molecule has 1 aromatic rings. The summed E-state index contributed by atoms with van der Waals surface area (Å²) >= 11 is 4.72. The monoisotopic (exact) mass is 249 g/mol. The molecule has 0 aliphatic heterocycles. The minimum atomic E-state index is -4.38. The highest BCUT2D eigenvalue weighted by Crippen LogP contribution is 2.23. The molecule has 0 aliphatic rings. The number of rotatable bonds is 3. The van der Waals surface area contributed by atoms with Crippen molar-refractivity contribution in [3.63, 3.8) is 0 Å². The van der Waals surface area contributed by atoms with E-state index in [1.165, 1.54) is 6.07 Å². The number of halogens is 3. The van der Waals surface area contributed by atoms with E-state index in [1.807, 2.05) is 0 Å². The largest absolute Gasteiger partial charge is 0.483 e. The molecule has 0 amide bonds. The van der Waals surface area contributed by atoms with Crippen LogP contribution in [0, 0.1) is 6.92 Å². The molecular formula is C10H10F3NOS. The van der Waals surface area contributed by atoms with E-state index in [9.17, 15) is 13.2 Å². The maximum absolute atomic E-state index is 12.0. The van der Waals surface area contributed by atoms with Gasteiger partial charge in [-0.05, 0) is 24.6 Å². The number of hydrogen-bond acceptors (Lipinski definition) is 2. The van der Waals surface area contributed by atoms with Gasteiger partial charge in [0.1, 0.15) is 10.7 Å². The highest BCUT2D eigenvalue weighted by Gasteiger charge is 2.28. The van der Waals surface area contributed by atoms with Crippen molar-refractivity contribution in [1.29, 1.82) is 0 Å². The zero-order valence-electron chi connectivity index (χ0n) is 8.47. The predicted molar refractivity (Wildman–Crippen MR) is 58.6 cm³/mol. The molecule has 0 radical (unpaired) electrons. The minimum Gasteiger partial charge on any atom is -0.483 e. The zero-order chi connectivity index (χ0) is 12.3. The van der Waals surface area contributed by atoms with Gasteiger partial charge in [-0.25, -0.2) is 0 Å². The van der Waals surface area contributed by atoms with Gasteiger partial charge in [-0.2, -0.15) is 13.2 Å². The molecule has 2 nitrogen and oxygen atoms in total. The molecule has 0 fully saturated rings. The lowest BCUT2D eigenvalue weighted by Gasteiger charge is -2.13. The summed E-state index contributed by atoms with van der Waals surface area (Å²) in [5, 5.41) is 0. The van der Waals surface area contributed by atoms with Crippen LogP contribution in [0.5, 0.6) is 5.75 Å². The van der Waals surface area contributed by atoms with Crippen LogP contribution in [0.4, 0.5) is 13.2 Å². The van der Waals surface area contributed by atoms with Crippen molar-refractivity contribution >= 4 is 17.2 Å². The van der Waals surface area contributed by atoms with E-state index in [4.69, 9.17) is 18.0 Å². The first kappa shape index (κ1) is 12.8. The van der Waals surface area contributed by atoms with Gasteiger partial charge in [0.25, 0.3) is 0 Å². The SMILES string of the molecule is Cc1ccc(C(N)=S)c(OCC(F)(F)F)c1. The van der Waals surface area contributed by atoms with Gasteiger partial charge in [0.05, 0.1) is 5.56 Å². The highest BCUT2D eigenvalue weighted by molar-refractivity contribution is 7.80. The van der Waals surface area contributed by atoms with Crippen molar-refractivity contribution < 1.29 is 17.9 Å². The van der Waals surface area contributed by atoms with Gasteiger partial charge in [0.2, 0.25) is 0 Å². The molecule has 0 saturated heterocycles. The van der Waals surface area contributed by atoms with Crippen molar-refractivity contribution in [2.24, 2.45) is 5.73 Å². The van der Waals surface area contributed by atoms with Gasteiger partial charge in [-0.1, -0.05) is 18.3 Å². The topological polar surface area (TPSA) is 35.2 Å². The fourth-order valence-corrected chi connectivity index (χ4v) is 1.28. The first-order valence-corrected chi connectivity index (χ1v) is 4.80. The Hall–Kier alpha value is -1.30.